The molecule has 0 spiro atoms. The molecule has 1 aromatic carbocycles. The topological polar surface area (TPSA) is 29.4 Å². The van der Waals surface area contributed by atoms with Gasteiger partial charge in [-0.1, -0.05) is 19.1 Å². The zero-order valence-electron chi connectivity index (χ0n) is 10.4. The van der Waals surface area contributed by atoms with Crippen molar-refractivity contribution in [3.05, 3.63) is 35.4 Å². The maximum atomic E-state index is 12.4. The molecule has 0 aliphatic carbocycles. The van der Waals surface area contributed by atoms with Crippen LogP contribution in [0.3, 0.4) is 0 Å². The molecule has 1 aromatic rings. The first-order chi connectivity index (χ1) is 8.18. The Labute approximate surface area is 104 Å². The van der Waals surface area contributed by atoms with Crippen LogP contribution >= 0.6 is 0 Å². The zero-order chi connectivity index (χ0) is 14.0. The molecule has 0 fully saturated rings. The summed E-state index contributed by atoms with van der Waals surface area (Å²) in [4.78, 5) is 14.0. The highest BCUT2D eigenvalue weighted by molar-refractivity contribution is 5.36. The van der Waals surface area contributed by atoms with Gasteiger partial charge in [0.2, 0.25) is 6.08 Å². The van der Waals surface area contributed by atoms with Crippen LogP contribution in [0.4, 0.5) is 13.2 Å². The highest BCUT2D eigenvalue weighted by Crippen LogP contribution is 2.33. The van der Waals surface area contributed by atoms with E-state index < -0.39 is 17.3 Å². The smallest absolute Gasteiger partial charge is 0.211 e. The Balaban J connectivity index is 3.02. The van der Waals surface area contributed by atoms with Crippen LogP contribution in [-0.2, 0) is 11.0 Å². The van der Waals surface area contributed by atoms with Crippen molar-refractivity contribution in [3.63, 3.8) is 0 Å². The van der Waals surface area contributed by atoms with Gasteiger partial charge in [0, 0.05) is 5.92 Å². The van der Waals surface area contributed by atoms with E-state index in [1.165, 1.54) is 18.2 Å². The molecular formula is C13H14F3NO. The molecule has 98 valence electrons. The fourth-order valence-electron chi connectivity index (χ4n) is 1.58. The predicted molar refractivity (Wildman–Crippen MR) is 62.1 cm³/mol. The molecule has 0 aliphatic heterocycles. The lowest BCUT2D eigenvalue weighted by molar-refractivity contribution is -0.137. The summed E-state index contributed by atoms with van der Waals surface area (Å²) in [5, 5.41) is 0. The minimum Gasteiger partial charge on any atom is -0.211 e. The molecule has 1 rings (SSSR count). The van der Waals surface area contributed by atoms with E-state index in [2.05, 4.69) is 4.99 Å². The molecule has 0 amide bonds. The van der Waals surface area contributed by atoms with E-state index in [1.54, 1.807) is 13.8 Å². The van der Waals surface area contributed by atoms with Gasteiger partial charge in [-0.2, -0.15) is 18.2 Å². The van der Waals surface area contributed by atoms with Crippen LogP contribution in [0, 0.1) is 0 Å². The molecule has 1 unspecified atom stereocenters. The number of alkyl halides is 3. The van der Waals surface area contributed by atoms with Gasteiger partial charge >= 0.3 is 6.18 Å². The number of hydrogen-bond acceptors (Lipinski definition) is 2. The summed E-state index contributed by atoms with van der Waals surface area (Å²) in [6.07, 6.45) is -2.85. The van der Waals surface area contributed by atoms with Gasteiger partial charge in [-0.05, 0) is 31.5 Å². The molecule has 0 aliphatic rings. The lowest BCUT2D eigenvalue weighted by Gasteiger charge is -2.26. The molecule has 0 radical (unpaired) electrons. The standard InChI is InChI=1S/C13H14F3NO/c1-9(12(2,3)17-8-18)10-4-6-11(7-5-10)13(14,15)16/h4-7,9H,1-3H3. The first kappa shape index (κ1) is 14.5. The number of aliphatic imine (C=N–C) groups is 1. The zero-order valence-corrected chi connectivity index (χ0v) is 10.4. The van der Waals surface area contributed by atoms with Crippen molar-refractivity contribution in [3.8, 4) is 0 Å². The van der Waals surface area contributed by atoms with Crippen LogP contribution < -0.4 is 0 Å². The van der Waals surface area contributed by atoms with Crippen LogP contribution in [0.15, 0.2) is 29.3 Å². The van der Waals surface area contributed by atoms with Gasteiger partial charge in [0.05, 0.1) is 11.1 Å². The average Bonchev–Trinajstić information content (AvgIpc) is 2.27. The van der Waals surface area contributed by atoms with Gasteiger partial charge in [-0.25, -0.2) is 4.79 Å². The summed E-state index contributed by atoms with van der Waals surface area (Å²) in [5.41, 5.74) is -0.677. The van der Waals surface area contributed by atoms with E-state index in [4.69, 9.17) is 0 Å². The van der Waals surface area contributed by atoms with Crippen LogP contribution in [0.25, 0.3) is 0 Å². The third-order valence-electron chi connectivity index (χ3n) is 3.13. The number of hydrogen-bond donors (Lipinski definition) is 0. The summed E-state index contributed by atoms with van der Waals surface area (Å²) in [6.45, 7) is 5.28. The van der Waals surface area contributed by atoms with E-state index in [0.717, 1.165) is 12.1 Å². The molecule has 0 heterocycles. The van der Waals surface area contributed by atoms with Gasteiger partial charge in [-0.15, -0.1) is 0 Å². The Kier molecular flexibility index (Phi) is 3.97. The van der Waals surface area contributed by atoms with Crippen molar-refractivity contribution < 1.29 is 18.0 Å². The van der Waals surface area contributed by atoms with E-state index >= 15 is 0 Å². The molecule has 0 N–H and O–H groups in total. The maximum Gasteiger partial charge on any atom is 0.416 e. The Morgan fingerprint density at radius 2 is 1.67 bits per heavy atom. The fourth-order valence-corrected chi connectivity index (χ4v) is 1.58. The largest absolute Gasteiger partial charge is 0.416 e. The minimum atomic E-state index is -4.34. The number of carbonyl (C=O) groups excluding carboxylic acids is 1. The van der Waals surface area contributed by atoms with Crippen molar-refractivity contribution in [1.29, 1.82) is 0 Å². The SMILES string of the molecule is CC(c1ccc(C(F)(F)F)cc1)C(C)(C)N=C=O. The maximum absolute atomic E-state index is 12.4. The summed E-state index contributed by atoms with van der Waals surface area (Å²) in [6, 6.07) is 4.89. The number of isocyanates is 1. The van der Waals surface area contributed by atoms with Gasteiger partial charge in [0.15, 0.2) is 0 Å². The van der Waals surface area contributed by atoms with Crippen molar-refractivity contribution in [2.75, 3.05) is 0 Å². The van der Waals surface area contributed by atoms with Gasteiger partial charge in [0.1, 0.15) is 0 Å². The normalized spacial score (nSPS) is 13.9. The molecule has 0 saturated heterocycles. The first-order valence-electron chi connectivity index (χ1n) is 5.44. The Morgan fingerprint density at radius 1 is 1.17 bits per heavy atom. The molecular weight excluding hydrogens is 243 g/mol. The minimum absolute atomic E-state index is 0.179. The lowest BCUT2D eigenvalue weighted by Crippen LogP contribution is -2.24. The molecule has 0 saturated carbocycles. The Bertz CT molecular complexity index is 456. The summed E-state index contributed by atoms with van der Waals surface area (Å²) in [5.74, 6) is -0.179. The summed E-state index contributed by atoms with van der Waals surface area (Å²) >= 11 is 0. The van der Waals surface area contributed by atoms with E-state index in [9.17, 15) is 18.0 Å². The van der Waals surface area contributed by atoms with Crippen molar-refractivity contribution in [1.82, 2.24) is 0 Å². The van der Waals surface area contributed by atoms with Crippen LogP contribution in [0.1, 0.15) is 37.8 Å². The second kappa shape index (κ2) is 4.94. The summed E-state index contributed by atoms with van der Waals surface area (Å²) in [7, 11) is 0. The Hall–Kier alpha value is -1.61. The molecule has 2 nitrogen and oxygen atoms in total. The summed E-state index contributed by atoms with van der Waals surface area (Å²) < 4.78 is 37.2. The van der Waals surface area contributed by atoms with Crippen LogP contribution in [0.5, 0.6) is 0 Å². The molecule has 5 heteroatoms. The van der Waals surface area contributed by atoms with Crippen molar-refractivity contribution in [2.45, 2.75) is 38.4 Å². The van der Waals surface area contributed by atoms with E-state index in [1.807, 2.05) is 6.92 Å². The van der Waals surface area contributed by atoms with Crippen molar-refractivity contribution in [2.24, 2.45) is 4.99 Å². The second-order valence-corrected chi connectivity index (χ2v) is 4.70. The number of halogens is 3. The predicted octanol–water partition coefficient (Wildman–Crippen LogP) is 3.92. The highest BCUT2D eigenvalue weighted by Gasteiger charge is 2.31. The van der Waals surface area contributed by atoms with Crippen molar-refractivity contribution >= 4 is 6.08 Å². The third kappa shape index (κ3) is 3.20. The number of nitrogens with zero attached hydrogens (tertiary/aromatic N) is 1. The molecule has 0 aromatic heterocycles. The Morgan fingerprint density at radius 3 is 2.06 bits per heavy atom. The lowest BCUT2D eigenvalue weighted by atomic mass is 9.84. The number of rotatable bonds is 3. The second-order valence-electron chi connectivity index (χ2n) is 4.70. The fraction of sp³-hybridized carbons (Fsp3) is 0.462. The number of benzene rings is 1. The molecule has 18 heavy (non-hydrogen) atoms. The van der Waals surface area contributed by atoms with Gasteiger partial charge < -0.3 is 0 Å². The van der Waals surface area contributed by atoms with E-state index in [0.29, 0.717) is 5.56 Å². The molecule has 1 atom stereocenters. The van der Waals surface area contributed by atoms with Crippen LogP contribution in [-0.4, -0.2) is 11.6 Å². The van der Waals surface area contributed by atoms with Crippen LogP contribution in [0.2, 0.25) is 0 Å². The monoisotopic (exact) mass is 257 g/mol. The first-order valence-corrected chi connectivity index (χ1v) is 5.44. The van der Waals surface area contributed by atoms with E-state index in [-0.39, 0.29) is 5.92 Å². The van der Waals surface area contributed by atoms with Gasteiger partial charge in [0.25, 0.3) is 0 Å². The van der Waals surface area contributed by atoms with Gasteiger partial charge in [-0.3, -0.25) is 0 Å². The molecule has 0 bridgehead atoms. The third-order valence-corrected chi connectivity index (χ3v) is 3.13. The highest BCUT2D eigenvalue weighted by atomic mass is 19.4. The quantitative estimate of drug-likeness (QED) is 0.596. The average molecular weight is 257 g/mol.